The average molecular weight is 342 g/mol. The number of nitrogens with two attached hydrogens (primary N) is 1. The first-order chi connectivity index (χ1) is 12.1. The van der Waals surface area contributed by atoms with Gasteiger partial charge in [0.25, 0.3) is 0 Å². The van der Waals surface area contributed by atoms with Crippen LogP contribution in [0.4, 0.5) is 11.9 Å². The van der Waals surface area contributed by atoms with Crippen LogP contribution in [0.1, 0.15) is 35.8 Å². The monoisotopic (exact) mass is 342 g/mol. The van der Waals surface area contributed by atoms with Crippen molar-refractivity contribution < 1.29 is 5.11 Å². The van der Waals surface area contributed by atoms with E-state index in [0.717, 1.165) is 19.3 Å². The predicted octanol–water partition coefficient (Wildman–Crippen LogP) is 1.39. The minimum atomic E-state index is 0.0970. The lowest BCUT2D eigenvalue weighted by Gasteiger charge is -2.35. The highest BCUT2D eigenvalue weighted by atomic mass is 16.3. The Kier molecular flexibility index (Phi) is 5.45. The Morgan fingerprint density at radius 2 is 2.00 bits per heavy atom. The maximum absolute atomic E-state index is 9.56. The van der Waals surface area contributed by atoms with Crippen molar-refractivity contribution in [1.82, 2.24) is 19.9 Å². The van der Waals surface area contributed by atoms with Gasteiger partial charge in [-0.3, -0.25) is 4.90 Å². The first kappa shape index (κ1) is 17.6. The Balaban J connectivity index is 1.88. The predicted molar refractivity (Wildman–Crippen MR) is 98.2 cm³/mol. The molecule has 0 saturated heterocycles. The molecule has 7 heteroatoms. The molecule has 0 radical (unpaired) electrons. The number of nitrogen functional groups attached to an aromatic ring is 1. The Labute approximate surface area is 148 Å². The second-order valence-electron chi connectivity index (χ2n) is 6.61. The van der Waals surface area contributed by atoms with Gasteiger partial charge in [0.15, 0.2) is 0 Å². The summed E-state index contributed by atoms with van der Waals surface area (Å²) < 4.78 is 0. The minimum absolute atomic E-state index is 0.0970. The molecule has 0 spiro atoms. The molecule has 1 aliphatic rings. The van der Waals surface area contributed by atoms with E-state index in [1.54, 1.807) is 0 Å². The molecule has 3 N–H and O–H groups in total. The molecule has 1 heterocycles. The summed E-state index contributed by atoms with van der Waals surface area (Å²) in [5, 5.41) is 9.56. The fourth-order valence-electron chi connectivity index (χ4n) is 3.46. The molecule has 134 valence electrons. The van der Waals surface area contributed by atoms with E-state index < -0.39 is 0 Å². The van der Waals surface area contributed by atoms with Crippen molar-refractivity contribution in [1.29, 1.82) is 0 Å². The second kappa shape index (κ2) is 7.76. The highest BCUT2D eigenvalue weighted by molar-refractivity contribution is 5.34. The van der Waals surface area contributed by atoms with Gasteiger partial charge in [-0.1, -0.05) is 24.3 Å². The SMILES string of the molecule is CN(C)c1nc(N)nc(CN(CCO)C2CCCc3ccccc32)n1. The molecule has 2 aromatic rings. The van der Waals surface area contributed by atoms with Gasteiger partial charge in [-0.25, -0.2) is 0 Å². The number of benzene rings is 1. The highest BCUT2D eigenvalue weighted by Crippen LogP contribution is 2.34. The van der Waals surface area contributed by atoms with Crippen molar-refractivity contribution >= 4 is 11.9 Å². The molecule has 1 atom stereocenters. The zero-order valence-corrected chi connectivity index (χ0v) is 14.9. The number of aliphatic hydroxyl groups is 1. The molecule has 1 aromatic carbocycles. The third-order valence-electron chi connectivity index (χ3n) is 4.60. The summed E-state index contributed by atoms with van der Waals surface area (Å²) in [6.07, 6.45) is 3.33. The normalized spacial score (nSPS) is 16.7. The van der Waals surface area contributed by atoms with Crippen LogP contribution >= 0.6 is 0 Å². The van der Waals surface area contributed by atoms with Gasteiger partial charge in [-0.05, 0) is 30.4 Å². The standard InChI is InChI=1S/C18H26N6O/c1-23(2)18-21-16(20-17(19)22-18)12-24(10-11-25)15-9-5-7-13-6-3-4-8-14(13)15/h3-4,6,8,15,25H,5,7,9-12H2,1-2H3,(H2,19,20,21,22). The Hall–Kier alpha value is -2.25. The Morgan fingerprint density at radius 1 is 1.20 bits per heavy atom. The maximum Gasteiger partial charge on any atom is 0.229 e. The van der Waals surface area contributed by atoms with Crippen molar-refractivity contribution in [3.63, 3.8) is 0 Å². The lowest BCUT2D eigenvalue weighted by molar-refractivity contribution is 0.128. The zero-order chi connectivity index (χ0) is 17.8. The number of hydrogen-bond acceptors (Lipinski definition) is 7. The van der Waals surface area contributed by atoms with Crippen LogP contribution in [-0.4, -0.2) is 52.2 Å². The van der Waals surface area contributed by atoms with Gasteiger partial charge in [0.2, 0.25) is 11.9 Å². The van der Waals surface area contributed by atoms with Crippen LogP contribution in [0.15, 0.2) is 24.3 Å². The number of anilines is 2. The summed E-state index contributed by atoms with van der Waals surface area (Å²) >= 11 is 0. The average Bonchev–Trinajstić information content (AvgIpc) is 2.60. The molecule has 25 heavy (non-hydrogen) atoms. The third-order valence-corrected chi connectivity index (χ3v) is 4.60. The number of fused-ring (bicyclic) bond motifs is 1. The molecular weight excluding hydrogens is 316 g/mol. The van der Waals surface area contributed by atoms with Crippen molar-refractivity contribution in [2.24, 2.45) is 0 Å². The van der Waals surface area contributed by atoms with Crippen LogP contribution < -0.4 is 10.6 Å². The second-order valence-corrected chi connectivity index (χ2v) is 6.61. The molecule has 0 bridgehead atoms. The van der Waals surface area contributed by atoms with Gasteiger partial charge < -0.3 is 15.7 Å². The highest BCUT2D eigenvalue weighted by Gasteiger charge is 2.26. The lowest BCUT2D eigenvalue weighted by Crippen LogP contribution is -2.34. The van der Waals surface area contributed by atoms with E-state index in [4.69, 9.17) is 5.73 Å². The van der Waals surface area contributed by atoms with E-state index in [9.17, 15) is 5.11 Å². The molecular formula is C18H26N6O. The van der Waals surface area contributed by atoms with E-state index in [0.29, 0.717) is 24.9 Å². The fraction of sp³-hybridized carbons (Fsp3) is 0.500. The maximum atomic E-state index is 9.56. The van der Waals surface area contributed by atoms with Crippen molar-refractivity contribution in [3.8, 4) is 0 Å². The Morgan fingerprint density at radius 3 is 2.76 bits per heavy atom. The molecule has 0 aliphatic heterocycles. The van der Waals surface area contributed by atoms with Crippen LogP contribution in [0.25, 0.3) is 0 Å². The molecule has 1 aliphatic carbocycles. The number of nitrogens with zero attached hydrogens (tertiary/aromatic N) is 5. The minimum Gasteiger partial charge on any atom is -0.395 e. The molecule has 1 aromatic heterocycles. The summed E-state index contributed by atoms with van der Waals surface area (Å²) in [5.74, 6) is 1.41. The third kappa shape index (κ3) is 4.05. The number of aliphatic hydroxyl groups excluding tert-OH is 1. The lowest BCUT2D eigenvalue weighted by atomic mass is 9.87. The molecule has 7 nitrogen and oxygen atoms in total. The van der Waals surface area contributed by atoms with Crippen LogP contribution in [0.2, 0.25) is 0 Å². The zero-order valence-electron chi connectivity index (χ0n) is 14.9. The van der Waals surface area contributed by atoms with Crippen LogP contribution in [0, 0.1) is 0 Å². The first-order valence-corrected chi connectivity index (χ1v) is 8.69. The smallest absolute Gasteiger partial charge is 0.229 e. The molecule has 0 amide bonds. The topological polar surface area (TPSA) is 91.4 Å². The number of hydrogen-bond donors (Lipinski definition) is 2. The van der Waals surface area contributed by atoms with Gasteiger partial charge in [0, 0.05) is 26.7 Å². The van der Waals surface area contributed by atoms with E-state index in [1.807, 2.05) is 19.0 Å². The number of aryl methyl sites for hydroxylation is 1. The van der Waals surface area contributed by atoms with Gasteiger partial charge in [0.1, 0.15) is 5.82 Å². The van der Waals surface area contributed by atoms with Crippen molar-refractivity contribution in [2.45, 2.75) is 31.8 Å². The van der Waals surface area contributed by atoms with Gasteiger partial charge >= 0.3 is 0 Å². The van der Waals surface area contributed by atoms with E-state index >= 15 is 0 Å². The van der Waals surface area contributed by atoms with E-state index in [2.05, 4.69) is 44.1 Å². The van der Waals surface area contributed by atoms with Crippen molar-refractivity contribution in [3.05, 3.63) is 41.2 Å². The molecule has 0 fully saturated rings. The van der Waals surface area contributed by atoms with Gasteiger partial charge in [0.05, 0.1) is 13.2 Å². The van der Waals surface area contributed by atoms with Crippen molar-refractivity contribution in [2.75, 3.05) is 37.9 Å². The molecule has 3 rings (SSSR count). The number of rotatable bonds is 6. The summed E-state index contributed by atoms with van der Waals surface area (Å²) in [6, 6.07) is 8.82. The summed E-state index contributed by atoms with van der Waals surface area (Å²) in [7, 11) is 3.75. The Bertz CT molecular complexity index is 720. The largest absolute Gasteiger partial charge is 0.395 e. The number of aromatic nitrogens is 3. The first-order valence-electron chi connectivity index (χ1n) is 8.69. The quantitative estimate of drug-likeness (QED) is 0.819. The van der Waals surface area contributed by atoms with E-state index in [1.165, 1.54) is 11.1 Å². The summed E-state index contributed by atoms with van der Waals surface area (Å²) in [6.45, 7) is 1.20. The van der Waals surface area contributed by atoms with Crippen LogP contribution in [-0.2, 0) is 13.0 Å². The van der Waals surface area contributed by atoms with Crippen LogP contribution in [0.5, 0.6) is 0 Å². The van der Waals surface area contributed by atoms with E-state index in [-0.39, 0.29) is 18.6 Å². The summed E-state index contributed by atoms with van der Waals surface area (Å²) in [5.41, 5.74) is 8.58. The van der Waals surface area contributed by atoms with Gasteiger partial charge in [-0.2, -0.15) is 15.0 Å². The molecule has 0 saturated carbocycles. The fourth-order valence-corrected chi connectivity index (χ4v) is 3.46. The molecule has 1 unspecified atom stereocenters. The van der Waals surface area contributed by atoms with Gasteiger partial charge in [-0.15, -0.1) is 0 Å². The van der Waals surface area contributed by atoms with Crippen LogP contribution in [0.3, 0.4) is 0 Å². The summed E-state index contributed by atoms with van der Waals surface area (Å²) in [4.78, 5) is 17.0.